The second-order valence-electron chi connectivity index (χ2n) is 6.04. The molecular formula is C15H27N3O2S. The van der Waals surface area contributed by atoms with Crippen molar-refractivity contribution in [2.24, 2.45) is 18.9 Å². The minimum absolute atomic E-state index is 0.272. The lowest BCUT2D eigenvalue weighted by atomic mass is 9.87. The Balaban J connectivity index is 2.10. The molecule has 0 bridgehead atoms. The molecule has 1 aromatic rings. The number of hydrogen-bond donors (Lipinski definition) is 1. The maximum atomic E-state index is 11.8. The van der Waals surface area contributed by atoms with Crippen LogP contribution in [0, 0.1) is 11.8 Å². The van der Waals surface area contributed by atoms with Gasteiger partial charge in [-0.3, -0.25) is 4.68 Å². The van der Waals surface area contributed by atoms with Gasteiger partial charge in [-0.05, 0) is 50.3 Å². The highest BCUT2D eigenvalue weighted by molar-refractivity contribution is 7.91. The van der Waals surface area contributed by atoms with Crippen LogP contribution in [-0.2, 0) is 29.7 Å². The Kier molecular flexibility index (Phi) is 5.43. The van der Waals surface area contributed by atoms with Crippen LogP contribution in [0.4, 0.5) is 0 Å². The molecule has 1 aliphatic rings. The predicted molar refractivity (Wildman–Crippen MR) is 85.1 cm³/mol. The van der Waals surface area contributed by atoms with Crippen molar-refractivity contribution in [2.45, 2.75) is 33.1 Å². The zero-order valence-corrected chi connectivity index (χ0v) is 14.1. The van der Waals surface area contributed by atoms with E-state index in [4.69, 9.17) is 0 Å². The second-order valence-corrected chi connectivity index (χ2v) is 8.27. The van der Waals surface area contributed by atoms with Crippen LogP contribution in [0.2, 0.25) is 0 Å². The van der Waals surface area contributed by atoms with Crippen molar-refractivity contribution in [3.05, 3.63) is 17.5 Å². The van der Waals surface area contributed by atoms with Crippen molar-refractivity contribution in [3.63, 3.8) is 0 Å². The molecule has 5 nitrogen and oxygen atoms in total. The van der Waals surface area contributed by atoms with E-state index in [0.717, 1.165) is 38.0 Å². The van der Waals surface area contributed by atoms with Crippen LogP contribution in [0.3, 0.4) is 0 Å². The van der Waals surface area contributed by atoms with E-state index in [2.05, 4.69) is 30.3 Å². The maximum Gasteiger partial charge on any atom is 0.150 e. The van der Waals surface area contributed by atoms with E-state index in [1.54, 1.807) is 0 Å². The molecule has 21 heavy (non-hydrogen) atoms. The summed E-state index contributed by atoms with van der Waals surface area (Å²) in [5.74, 6) is 1.34. The first-order valence-electron chi connectivity index (χ1n) is 7.88. The van der Waals surface area contributed by atoms with E-state index in [-0.39, 0.29) is 5.92 Å². The lowest BCUT2D eigenvalue weighted by Crippen LogP contribution is -2.31. The van der Waals surface area contributed by atoms with Gasteiger partial charge in [-0.2, -0.15) is 5.10 Å². The number of sulfone groups is 1. The van der Waals surface area contributed by atoms with Gasteiger partial charge in [-0.1, -0.05) is 13.8 Å². The van der Waals surface area contributed by atoms with E-state index in [0.29, 0.717) is 17.4 Å². The molecule has 1 aromatic heterocycles. The lowest BCUT2D eigenvalue weighted by Gasteiger charge is -2.23. The molecule has 1 fully saturated rings. The van der Waals surface area contributed by atoms with Gasteiger partial charge in [0.2, 0.25) is 0 Å². The number of nitrogens with zero attached hydrogens (tertiary/aromatic N) is 2. The first-order chi connectivity index (χ1) is 9.95. The SMILES string of the molecule is CCNCC(Cc1cc(CC)nn1C)C1CCS(=O)(=O)C1. The van der Waals surface area contributed by atoms with Crippen molar-refractivity contribution in [3.8, 4) is 0 Å². The number of aromatic nitrogens is 2. The third-order valence-electron chi connectivity index (χ3n) is 4.45. The molecule has 0 saturated carbocycles. The van der Waals surface area contributed by atoms with E-state index in [1.165, 1.54) is 5.69 Å². The normalized spacial score (nSPS) is 22.5. The van der Waals surface area contributed by atoms with Crippen LogP contribution >= 0.6 is 0 Å². The van der Waals surface area contributed by atoms with Gasteiger partial charge < -0.3 is 5.32 Å². The highest BCUT2D eigenvalue weighted by Crippen LogP contribution is 2.28. The maximum absolute atomic E-state index is 11.8. The van der Waals surface area contributed by atoms with Crippen molar-refractivity contribution in [2.75, 3.05) is 24.6 Å². The lowest BCUT2D eigenvalue weighted by molar-refractivity contribution is 0.340. The van der Waals surface area contributed by atoms with Gasteiger partial charge in [-0.15, -0.1) is 0 Å². The molecule has 6 heteroatoms. The molecule has 0 aliphatic carbocycles. The van der Waals surface area contributed by atoms with E-state index < -0.39 is 9.84 Å². The van der Waals surface area contributed by atoms with Crippen LogP contribution in [0.5, 0.6) is 0 Å². The zero-order chi connectivity index (χ0) is 15.5. The summed E-state index contributed by atoms with van der Waals surface area (Å²) in [6, 6.07) is 2.16. The first-order valence-corrected chi connectivity index (χ1v) is 9.70. The predicted octanol–water partition coefficient (Wildman–Crippen LogP) is 1.19. The highest BCUT2D eigenvalue weighted by atomic mass is 32.2. The number of aryl methyl sites for hydroxylation is 2. The summed E-state index contributed by atoms with van der Waals surface area (Å²) in [6.45, 7) is 5.98. The quantitative estimate of drug-likeness (QED) is 0.821. The topological polar surface area (TPSA) is 64.0 Å². The van der Waals surface area contributed by atoms with Gasteiger partial charge in [0.05, 0.1) is 17.2 Å². The highest BCUT2D eigenvalue weighted by Gasteiger charge is 2.33. The molecule has 2 rings (SSSR count). The Labute approximate surface area is 128 Å². The number of rotatable bonds is 7. The monoisotopic (exact) mass is 313 g/mol. The molecule has 1 aliphatic heterocycles. The summed E-state index contributed by atoms with van der Waals surface area (Å²) in [6.07, 6.45) is 2.64. The Hall–Kier alpha value is -0.880. The summed E-state index contributed by atoms with van der Waals surface area (Å²) in [7, 11) is -0.841. The Morgan fingerprint density at radius 1 is 1.48 bits per heavy atom. The van der Waals surface area contributed by atoms with Gasteiger partial charge in [0.15, 0.2) is 9.84 Å². The Morgan fingerprint density at radius 3 is 2.76 bits per heavy atom. The summed E-state index contributed by atoms with van der Waals surface area (Å²) >= 11 is 0. The van der Waals surface area contributed by atoms with Crippen molar-refractivity contribution >= 4 is 9.84 Å². The van der Waals surface area contributed by atoms with Gasteiger partial charge in [-0.25, -0.2) is 8.42 Å². The molecule has 1 saturated heterocycles. The van der Waals surface area contributed by atoms with Crippen LogP contribution in [-0.4, -0.2) is 42.8 Å². The third kappa shape index (κ3) is 4.30. The van der Waals surface area contributed by atoms with Crippen LogP contribution in [0.1, 0.15) is 31.7 Å². The molecule has 2 unspecified atom stereocenters. The van der Waals surface area contributed by atoms with Gasteiger partial charge >= 0.3 is 0 Å². The fourth-order valence-corrected chi connectivity index (χ4v) is 5.05. The average molecular weight is 313 g/mol. The Bertz CT molecular complexity index is 565. The van der Waals surface area contributed by atoms with Crippen LogP contribution in [0.15, 0.2) is 6.07 Å². The summed E-state index contributed by atoms with van der Waals surface area (Å²) in [5.41, 5.74) is 2.31. The summed E-state index contributed by atoms with van der Waals surface area (Å²) < 4.78 is 25.4. The van der Waals surface area contributed by atoms with E-state index in [9.17, 15) is 8.42 Å². The van der Waals surface area contributed by atoms with Crippen LogP contribution < -0.4 is 5.32 Å². The van der Waals surface area contributed by atoms with Crippen molar-refractivity contribution in [1.82, 2.24) is 15.1 Å². The fraction of sp³-hybridized carbons (Fsp3) is 0.800. The molecular weight excluding hydrogens is 286 g/mol. The van der Waals surface area contributed by atoms with Gasteiger partial charge in [0.25, 0.3) is 0 Å². The zero-order valence-electron chi connectivity index (χ0n) is 13.3. The number of nitrogens with one attached hydrogen (secondary N) is 1. The number of hydrogen-bond acceptors (Lipinski definition) is 4. The summed E-state index contributed by atoms with van der Waals surface area (Å²) in [5, 5.41) is 7.88. The molecule has 120 valence electrons. The van der Waals surface area contributed by atoms with Crippen LogP contribution in [0.25, 0.3) is 0 Å². The molecule has 0 radical (unpaired) electrons. The molecule has 1 N–H and O–H groups in total. The van der Waals surface area contributed by atoms with E-state index >= 15 is 0 Å². The minimum Gasteiger partial charge on any atom is -0.317 e. The van der Waals surface area contributed by atoms with Crippen molar-refractivity contribution < 1.29 is 8.42 Å². The first kappa shape index (κ1) is 16.5. The van der Waals surface area contributed by atoms with Gasteiger partial charge in [0, 0.05) is 12.7 Å². The molecule has 0 spiro atoms. The largest absolute Gasteiger partial charge is 0.317 e. The van der Waals surface area contributed by atoms with Crippen molar-refractivity contribution in [1.29, 1.82) is 0 Å². The summed E-state index contributed by atoms with van der Waals surface area (Å²) in [4.78, 5) is 0. The smallest absolute Gasteiger partial charge is 0.150 e. The fourth-order valence-electron chi connectivity index (χ4n) is 3.13. The minimum atomic E-state index is -2.82. The Morgan fingerprint density at radius 2 is 2.24 bits per heavy atom. The molecule has 0 aromatic carbocycles. The molecule has 2 atom stereocenters. The van der Waals surface area contributed by atoms with Gasteiger partial charge in [0.1, 0.15) is 0 Å². The standard InChI is InChI=1S/C15H27N3O2S/c1-4-14-9-15(18(3)17-14)8-13(10-16-5-2)12-6-7-21(19,20)11-12/h9,12-13,16H,4-8,10-11H2,1-3H3. The second kappa shape index (κ2) is 6.92. The van der Waals surface area contributed by atoms with E-state index in [1.807, 2.05) is 11.7 Å². The molecule has 0 amide bonds. The molecule has 2 heterocycles. The average Bonchev–Trinajstić information content (AvgIpc) is 2.97. The third-order valence-corrected chi connectivity index (χ3v) is 6.25.